The number of benzene rings is 3. The van der Waals surface area contributed by atoms with Crippen LogP contribution in [0.4, 0.5) is 10.1 Å². The first-order valence-electron chi connectivity index (χ1n) is 8.07. The monoisotopic (exact) mass is 334 g/mol. The Morgan fingerprint density at radius 3 is 1.92 bits per heavy atom. The number of amides is 1. The molecule has 0 heterocycles. The molecule has 3 aromatic rings. The lowest BCUT2D eigenvalue weighted by atomic mass is 9.85. The minimum absolute atomic E-state index is 0.295. The van der Waals surface area contributed by atoms with Crippen LogP contribution < -0.4 is 11.1 Å². The Morgan fingerprint density at radius 1 is 0.840 bits per heavy atom. The van der Waals surface area contributed by atoms with Crippen molar-refractivity contribution in [1.82, 2.24) is 0 Å². The van der Waals surface area contributed by atoms with Crippen LogP contribution in [0, 0.1) is 5.82 Å². The number of anilines is 1. The molecule has 0 saturated heterocycles. The van der Waals surface area contributed by atoms with Gasteiger partial charge in [0.25, 0.3) is 0 Å². The Kier molecular flexibility index (Phi) is 5.21. The molecule has 0 fully saturated rings. The van der Waals surface area contributed by atoms with Crippen LogP contribution in [0.1, 0.15) is 17.0 Å². The molecule has 3 rings (SSSR count). The lowest BCUT2D eigenvalue weighted by molar-refractivity contribution is -0.117. The summed E-state index contributed by atoms with van der Waals surface area (Å²) >= 11 is 0. The van der Waals surface area contributed by atoms with Gasteiger partial charge in [-0.2, -0.15) is 0 Å². The summed E-state index contributed by atoms with van der Waals surface area (Å²) in [5, 5.41) is 2.70. The third kappa shape index (κ3) is 4.11. The highest BCUT2D eigenvalue weighted by atomic mass is 19.1. The van der Waals surface area contributed by atoms with Crippen molar-refractivity contribution in [3.8, 4) is 0 Å². The average molecular weight is 334 g/mol. The molecule has 0 unspecified atom stereocenters. The van der Waals surface area contributed by atoms with Crippen molar-refractivity contribution in [2.75, 3.05) is 5.32 Å². The molecule has 0 aliphatic heterocycles. The van der Waals surface area contributed by atoms with Gasteiger partial charge >= 0.3 is 0 Å². The van der Waals surface area contributed by atoms with E-state index in [9.17, 15) is 9.18 Å². The molecule has 1 amide bonds. The fourth-order valence-corrected chi connectivity index (χ4v) is 2.87. The molecular formula is C21H19FN2O. The van der Waals surface area contributed by atoms with Crippen LogP contribution in [0.5, 0.6) is 0 Å². The number of nitrogens with two attached hydrogens (primary N) is 1. The highest BCUT2D eigenvalue weighted by molar-refractivity contribution is 5.95. The zero-order chi connectivity index (χ0) is 17.6. The largest absolute Gasteiger partial charge is 0.325 e. The zero-order valence-electron chi connectivity index (χ0n) is 13.6. The van der Waals surface area contributed by atoms with Crippen LogP contribution in [0.3, 0.4) is 0 Å². The Balaban J connectivity index is 1.89. The number of carbonyl (C=O) groups excluding carboxylic acids is 1. The maximum absolute atomic E-state index is 13.3. The smallest absolute Gasteiger partial charge is 0.242 e. The van der Waals surface area contributed by atoms with Gasteiger partial charge < -0.3 is 11.1 Å². The van der Waals surface area contributed by atoms with Gasteiger partial charge in [-0.3, -0.25) is 4.79 Å². The SMILES string of the molecule is N[C@@H](C(=O)Nc1cccc(F)c1)C(c1ccccc1)c1ccccc1. The minimum Gasteiger partial charge on any atom is -0.325 e. The third-order valence-electron chi connectivity index (χ3n) is 4.07. The molecule has 1 atom stereocenters. The van der Waals surface area contributed by atoms with Crippen LogP contribution in [-0.2, 0) is 4.79 Å². The Labute approximate surface area is 146 Å². The quantitative estimate of drug-likeness (QED) is 0.743. The second-order valence-corrected chi connectivity index (χ2v) is 5.82. The summed E-state index contributed by atoms with van der Waals surface area (Å²) in [6.07, 6.45) is 0. The molecule has 0 spiro atoms. The Bertz CT molecular complexity index is 797. The average Bonchev–Trinajstić information content (AvgIpc) is 2.63. The third-order valence-corrected chi connectivity index (χ3v) is 4.07. The molecule has 3 nitrogen and oxygen atoms in total. The Morgan fingerprint density at radius 2 is 1.40 bits per heavy atom. The van der Waals surface area contributed by atoms with Crippen LogP contribution >= 0.6 is 0 Å². The van der Waals surface area contributed by atoms with Crippen LogP contribution in [0.25, 0.3) is 0 Å². The van der Waals surface area contributed by atoms with Gasteiger partial charge in [0.1, 0.15) is 5.82 Å². The van der Waals surface area contributed by atoms with Crippen molar-refractivity contribution in [1.29, 1.82) is 0 Å². The standard InChI is InChI=1S/C21H19FN2O/c22-17-12-7-13-18(14-17)24-21(25)20(23)19(15-8-3-1-4-9-15)16-10-5-2-6-11-16/h1-14,19-20H,23H2,(H,24,25)/t20-/m1/s1. The second kappa shape index (κ2) is 7.73. The van der Waals surface area contributed by atoms with E-state index in [1.165, 1.54) is 12.1 Å². The van der Waals surface area contributed by atoms with E-state index in [1.807, 2.05) is 60.7 Å². The summed E-state index contributed by atoms with van der Waals surface area (Å²) in [6, 6.07) is 24.3. The first-order valence-corrected chi connectivity index (χ1v) is 8.07. The zero-order valence-corrected chi connectivity index (χ0v) is 13.6. The van der Waals surface area contributed by atoms with Crippen molar-refractivity contribution in [3.63, 3.8) is 0 Å². The molecule has 0 saturated carbocycles. The van der Waals surface area contributed by atoms with Crippen molar-refractivity contribution >= 4 is 11.6 Å². The van der Waals surface area contributed by atoms with Gasteiger partial charge in [-0.05, 0) is 29.3 Å². The van der Waals surface area contributed by atoms with Gasteiger partial charge in [-0.1, -0.05) is 66.7 Å². The van der Waals surface area contributed by atoms with Crippen LogP contribution in [0.15, 0.2) is 84.9 Å². The lowest BCUT2D eigenvalue weighted by Crippen LogP contribution is -2.41. The van der Waals surface area contributed by atoms with Gasteiger partial charge in [0.05, 0.1) is 6.04 Å². The highest BCUT2D eigenvalue weighted by Crippen LogP contribution is 2.27. The van der Waals surface area contributed by atoms with Crippen LogP contribution in [0.2, 0.25) is 0 Å². The molecule has 0 aliphatic carbocycles. The topological polar surface area (TPSA) is 55.1 Å². The molecule has 4 heteroatoms. The summed E-state index contributed by atoms with van der Waals surface area (Å²) in [7, 11) is 0. The minimum atomic E-state index is -0.812. The van der Waals surface area contributed by atoms with E-state index >= 15 is 0 Å². The second-order valence-electron chi connectivity index (χ2n) is 5.82. The van der Waals surface area contributed by atoms with E-state index in [4.69, 9.17) is 5.73 Å². The fraction of sp³-hybridized carbons (Fsp3) is 0.0952. The molecule has 0 radical (unpaired) electrons. The molecule has 0 aliphatic rings. The number of hydrogen-bond donors (Lipinski definition) is 2. The Hall–Kier alpha value is -2.98. The number of halogens is 1. The lowest BCUT2D eigenvalue weighted by Gasteiger charge is -2.24. The first kappa shape index (κ1) is 16.9. The predicted molar refractivity (Wildman–Crippen MR) is 97.7 cm³/mol. The molecule has 126 valence electrons. The summed E-state index contributed by atoms with van der Waals surface area (Å²) in [5.41, 5.74) is 8.60. The van der Waals surface area contributed by atoms with E-state index in [0.29, 0.717) is 5.69 Å². The summed E-state index contributed by atoms with van der Waals surface area (Å²) < 4.78 is 13.3. The number of hydrogen-bond acceptors (Lipinski definition) is 2. The van der Waals surface area contributed by atoms with Gasteiger partial charge in [0.2, 0.25) is 5.91 Å². The molecule has 3 N–H and O–H groups in total. The van der Waals surface area contributed by atoms with Gasteiger partial charge in [0, 0.05) is 11.6 Å². The van der Waals surface area contributed by atoms with Crippen molar-refractivity contribution in [3.05, 3.63) is 102 Å². The van der Waals surface area contributed by atoms with Gasteiger partial charge in [0.15, 0.2) is 0 Å². The van der Waals surface area contributed by atoms with E-state index < -0.39 is 11.9 Å². The number of nitrogens with one attached hydrogen (secondary N) is 1. The van der Waals surface area contributed by atoms with E-state index in [-0.39, 0.29) is 11.8 Å². The summed E-state index contributed by atoms with van der Waals surface area (Å²) in [4.78, 5) is 12.7. The van der Waals surface area contributed by atoms with Crippen LogP contribution in [-0.4, -0.2) is 11.9 Å². The van der Waals surface area contributed by atoms with Gasteiger partial charge in [-0.15, -0.1) is 0 Å². The number of rotatable bonds is 5. The number of carbonyl (C=O) groups is 1. The van der Waals surface area contributed by atoms with E-state index in [2.05, 4.69) is 5.32 Å². The summed E-state index contributed by atoms with van der Waals surface area (Å²) in [5.74, 6) is -1.06. The molecule has 0 aromatic heterocycles. The normalized spacial score (nSPS) is 12.0. The maximum atomic E-state index is 13.3. The van der Waals surface area contributed by atoms with Crippen molar-refractivity contribution in [2.45, 2.75) is 12.0 Å². The van der Waals surface area contributed by atoms with Gasteiger partial charge in [-0.25, -0.2) is 4.39 Å². The molecule has 0 bridgehead atoms. The van der Waals surface area contributed by atoms with Crippen molar-refractivity contribution < 1.29 is 9.18 Å². The molecule has 25 heavy (non-hydrogen) atoms. The predicted octanol–water partition coefficient (Wildman–Crippen LogP) is 3.92. The highest BCUT2D eigenvalue weighted by Gasteiger charge is 2.27. The fourth-order valence-electron chi connectivity index (χ4n) is 2.87. The van der Waals surface area contributed by atoms with Crippen molar-refractivity contribution in [2.24, 2.45) is 5.73 Å². The maximum Gasteiger partial charge on any atom is 0.242 e. The molecular weight excluding hydrogens is 315 g/mol. The molecule has 3 aromatic carbocycles. The van der Waals surface area contributed by atoms with E-state index in [0.717, 1.165) is 11.1 Å². The first-order chi connectivity index (χ1) is 12.1. The van der Waals surface area contributed by atoms with E-state index in [1.54, 1.807) is 12.1 Å². The summed E-state index contributed by atoms with van der Waals surface area (Å²) in [6.45, 7) is 0.